The quantitative estimate of drug-likeness (QED) is 0.0430. The highest BCUT2D eigenvalue weighted by Crippen LogP contribution is 2.31. The number of anilines is 1. The Hall–Kier alpha value is -5.62. The molecule has 1 N–H and O–H groups in total. The van der Waals surface area contributed by atoms with E-state index in [-0.39, 0.29) is 12.5 Å². The topological polar surface area (TPSA) is 119 Å². The minimum Gasteiger partial charge on any atom is -0.495 e. The third kappa shape index (κ3) is 16.2. The molecule has 0 bridgehead atoms. The van der Waals surface area contributed by atoms with E-state index >= 15 is 0 Å². The molecule has 6 rings (SSSR count). The van der Waals surface area contributed by atoms with Crippen LogP contribution in [-0.4, -0.2) is 109 Å². The van der Waals surface area contributed by atoms with E-state index in [1.165, 1.54) is 37.7 Å². The van der Waals surface area contributed by atoms with Gasteiger partial charge in [-0.15, -0.1) is 16.4 Å². The summed E-state index contributed by atoms with van der Waals surface area (Å²) in [6.45, 7) is 10.7. The highest BCUT2D eigenvalue weighted by Gasteiger charge is 2.20. The van der Waals surface area contributed by atoms with E-state index in [1.54, 1.807) is 25.6 Å². The second-order valence-corrected chi connectivity index (χ2v) is 17.4. The van der Waals surface area contributed by atoms with E-state index in [0.29, 0.717) is 24.7 Å². The molecule has 2 aromatic heterocycles. The van der Waals surface area contributed by atoms with Crippen molar-refractivity contribution in [2.75, 3.05) is 78.6 Å². The van der Waals surface area contributed by atoms with Crippen molar-refractivity contribution < 1.29 is 23.7 Å². The van der Waals surface area contributed by atoms with Crippen molar-refractivity contribution in [3.05, 3.63) is 106 Å². The normalized spacial score (nSPS) is 12.8. The van der Waals surface area contributed by atoms with Crippen LogP contribution in [0.4, 0.5) is 5.69 Å². The van der Waals surface area contributed by atoms with Crippen LogP contribution >= 0.6 is 11.3 Å². The smallest absolute Gasteiger partial charge is 0.257 e. The van der Waals surface area contributed by atoms with E-state index in [2.05, 4.69) is 78.5 Å². The van der Waals surface area contributed by atoms with Crippen molar-refractivity contribution in [1.29, 1.82) is 0 Å². The number of benzene rings is 3. The maximum Gasteiger partial charge on any atom is 0.257 e. The first-order valence-corrected chi connectivity index (χ1v) is 23.6. The zero-order chi connectivity index (χ0) is 44.8. The Morgan fingerprint density at radius 2 is 1.58 bits per heavy atom. The SMILES string of the molecule is COc1cc(CN2CCN(c3ccccc3OC)CC2)ccc1OCc1cn(CCCCCCCCN(C)CCCCCNC(=O)COc2cccc(C#Cc3csc(C)n3)c2)nn1. The molecule has 0 radical (unpaired) electrons. The number of nitrogens with one attached hydrogen (secondary N) is 1. The fraction of sp³-hybridized carbons (Fsp3) is 0.480. The van der Waals surface area contributed by atoms with Crippen LogP contribution in [-0.2, 0) is 24.5 Å². The molecule has 0 spiro atoms. The number of hydrogen-bond acceptors (Lipinski definition) is 12. The molecule has 1 fully saturated rings. The molecule has 342 valence electrons. The van der Waals surface area contributed by atoms with Gasteiger partial charge in [-0.1, -0.05) is 67.5 Å². The fourth-order valence-corrected chi connectivity index (χ4v) is 8.24. The molecule has 13 nitrogen and oxygen atoms in total. The number of rotatable bonds is 26. The van der Waals surface area contributed by atoms with E-state index in [9.17, 15) is 4.79 Å². The molecule has 0 saturated carbocycles. The molecule has 64 heavy (non-hydrogen) atoms. The van der Waals surface area contributed by atoms with Crippen molar-refractivity contribution in [1.82, 2.24) is 35.1 Å². The number of carbonyl (C=O) groups is 1. The van der Waals surface area contributed by atoms with Crippen LogP contribution in [0.5, 0.6) is 23.0 Å². The standard InChI is InChI=1S/C50H66N8O5S/c1-40-52-43(39-64-40)23-21-41-17-16-18-45(33-41)62-38-50(59)51-25-12-9-14-27-55(2)26-13-7-5-6-8-15-28-58-36-44(53-54-58)37-63-48-24-22-42(34-49(48)61-4)35-56-29-31-57(32-30-56)46-19-10-11-20-47(46)60-3/h10-11,16-20,22,24,33-34,36,39H,5-9,12-15,25-32,35,37-38H2,1-4H3,(H,51,59). The lowest BCUT2D eigenvalue weighted by molar-refractivity contribution is -0.123. The van der Waals surface area contributed by atoms with Crippen molar-refractivity contribution in [3.63, 3.8) is 0 Å². The van der Waals surface area contributed by atoms with Gasteiger partial charge in [-0.2, -0.15) is 0 Å². The predicted molar refractivity (Wildman–Crippen MR) is 255 cm³/mol. The van der Waals surface area contributed by atoms with Crippen molar-refractivity contribution >= 4 is 22.9 Å². The summed E-state index contributed by atoms with van der Waals surface area (Å²) < 4.78 is 25.1. The van der Waals surface area contributed by atoms with E-state index in [0.717, 1.165) is 117 Å². The Kier molecular flexibility index (Phi) is 19.6. The van der Waals surface area contributed by atoms with Gasteiger partial charge < -0.3 is 34.1 Å². The van der Waals surface area contributed by atoms with Gasteiger partial charge in [-0.05, 0) is 107 Å². The molecule has 1 aliphatic heterocycles. The number of methoxy groups -OCH3 is 2. The van der Waals surface area contributed by atoms with E-state index in [4.69, 9.17) is 18.9 Å². The second-order valence-electron chi connectivity index (χ2n) is 16.3. The van der Waals surface area contributed by atoms with Crippen molar-refractivity contribution in [3.8, 4) is 34.8 Å². The average Bonchev–Trinajstić information content (AvgIpc) is 3.97. The zero-order valence-corrected chi connectivity index (χ0v) is 39.0. The van der Waals surface area contributed by atoms with Crippen LogP contribution in [0.1, 0.15) is 85.3 Å². The first kappa shape index (κ1) is 47.8. The number of amides is 1. The summed E-state index contributed by atoms with van der Waals surface area (Å²) in [6.07, 6.45) is 12.4. The number of para-hydroxylation sites is 2. The Bertz CT molecular complexity index is 2230. The van der Waals surface area contributed by atoms with Gasteiger partial charge in [-0.25, -0.2) is 4.98 Å². The number of nitrogens with zero attached hydrogens (tertiary/aromatic N) is 7. The molecule has 5 aromatic rings. The monoisotopic (exact) mass is 890 g/mol. The molecular weight excluding hydrogens is 825 g/mol. The van der Waals surface area contributed by atoms with Crippen LogP contribution in [0.2, 0.25) is 0 Å². The lowest BCUT2D eigenvalue weighted by Gasteiger charge is -2.36. The Labute approximate surface area is 384 Å². The van der Waals surface area contributed by atoms with Crippen LogP contribution in [0.3, 0.4) is 0 Å². The summed E-state index contributed by atoms with van der Waals surface area (Å²) in [5.74, 6) is 9.05. The van der Waals surface area contributed by atoms with Crippen LogP contribution in [0.15, 0.2) is 78.3 Å². The number of thiazole rings is 1. The highest BCUT2D eigenvalue weighted by atomic mass is 32.1. The van der Waals surface area contributed by atoms with E-state index in [1.807, 2.05) is 65.6 Å². The second kappa shape index (κ2) is 26.2. The lowest BCUT2D eigenvalue weighted by atomic mass is 10.1. The minimum atomic E-state index is -0.109. The van der Waals surface area contributed by atoms with Gasteiger partial charge in [0.1, 0.15) is 29.5 Å². The van der Waals surface area contributed by atoms with Crippen LogP contribution in [0, 0.1) is 18.8 Å². The summed E-state index contributed by atoms with van der Waals surface area (Å²) in [4.78, 5) is 24.0. The molecule has 0 unspecified atom stereocenters. The Morgan fingerprint density at radius 1 is 0.812 bits per heavy atom. The highest BCUT2D eigenvalue weighted by molar-refractivity contribution is 7.09. The maximum absolute atomic E-state index is 12.3. The maximum atomic E-state index is 12.3. The van der Waals surface area contributed by atoms with E-state index < -0.39 is 0 Å². The largest absolute Gasteiger partial charge is 0.495 e. The van der Waals surface area contributed by atoms with Gasteiger partial charge in [0, 0.05) is 56.8 Å². The molecule has 14 heteroatoms. The number of piperazine rings is 1. The summed E-state index contributed by atoms with van der Waals surface area (Å²) in [7, 11) is 5.63. The number of ether oxygens (including phenoxy) is 4. The van der Waals surface area contributed by atoms with Gasteiger partial charge in [0.2, 0.25) is 0 Å². The molecule has 0 atom stereocenters. The number of hydrogen-bond donors (Lipinski definition) is 1. The molecule has 3 aromatic carbocycles. The van der Waals surface area contributed by atoms with Gasteiger partial charge in [-0.3, -0.25) is 14.4 Å². The Morgan fingerprint density at radius 3 is 2.36 bits per heavy atom. The molecule has 3 heterocycles. The summed E-state index contributed by atoms with van der Waals surface area (Å²) >= 11 is 1.58. The first-order valence-electron chi connectivity index (χ1n) is 22.8. The molecule has 1 amide bonds. The van der Waals surface area contributed by atoms with Crippen LogP contribution < -0.4 is 29.2 Å². The number of unbranched alkanes of at least 4 members (excludes halogenated alkanes) is 7. The summed E-state index contributed by atoms with van der Waals surface area (Å²) in [5, 5.41) is 14.6. The van der Waals surface area contributed by atoms with Gasteiger partial charge >= 0.3 is 0 Å². The first-order chi connectivity index (χ1) is 31.3. The van der Waals surface area contributed by atoms with Crippen molar-refractivity contribution in [2.45, 2.75) is 84.4 Å². The molecule has 1 aliphatic rings. The molecule has 1 saturated heterocycles. The molecular formula is C50H66N8O5S. The third-order valence-corrected chi connectivity index (χ3v) is 12.0. The number of carbonyl (C=O) groups excluding carboxylic acids is 1. The minimum absolute atomic E-state index is 0.00923. The van der Waals surface area contributed by atoms with Gasteiger partial charge in [0.15, 0.2) is 18.1 Å². The summed E-state index contributed by atoms with van der Waals surface area (Å²) in [6, 6.07) is 21.9. The predicted octanol–water partition coefficient (Wildman–Crippen LogP) is 8.00. The third-order valence-electron chi connectivity index (χ3n) is 11.3. The van der Waals surface area contributed by atoms with Crippen molar-refractivity contribution in [2.24, 2.45) is 0 Å². The molecule has 0 aliphatic carbocycles. The van der Waals surface area contributed by atoms with Gasteiger partial charge in [0.05, 0.1) is 31.1 Å². The number of aryl methyl sites for hydroxylation is 2. The number of aromatic nitrogens is 4. The fourth-order valence-electron chi connectivity index (χ4n) is 7.70. The zero-order valence-electron chi connectivity index (χ0n) is 38.2. The summed E-state index contributed by atoms with van der Waals surface area (Å²) in [5.41, 5.74) is 4.75. The Balaban J connectivity index is 0.744. The van der Waals surface area contributed by atoms with Gasteiger partial charge in [0.25, 0.3) is 5.91 Å². The lowest BCUT2D eigenvalue weighted by Crippen LogP contribution is -2.46. The average molecular weight is 891 g/mol. The van der Waals surface area contributed by atoms with Crippen LogP contribution in [0.25, 0.3) is 0 Å².